The summed E-state index contributed by atoms with van der Waals surface area (Å²) in [7, 11) is 2.67. The lowest BCUT2D eigenvalue weighted by atomic mass is 9.43. The van der Waals surface area contributed by atoms with Gasteiger partial charge < -0.3 is 10.5 Å². The van der Waals surface area contributed by atoms with Gasteiger partial charge in [-0.15, -0.1) is 0 Å². The Morgan fingerprint density at radius 3 is 2.30 bits per heavy atom. The second kappa shape index (κ2) is 7.43. The number of hydrogen-bond acceptors (Lipinski definition) is 6. The number of rotatable bonds is 5. The molecule has 1 aromatic heterocycles. The fraction of sp³-hybridized carbons (Fsp3) is 0.520. The van der Waals surface area contributed by atoms with Crippen molar-refractivity contribution < 1.29 is 14.3 Å². The number of hydrogen-bond donors (Lipinski definition) is 1. The molecule has 1 aromatic carbocycles. The minimum atomic E-state index is -0.783. The molecule has 8 nitrogen and oxygen atoms in total. The zero-order chi connectivity index (χ0) is 23.5. The van der Waals surface area contributed by atoms with Crippen LogP contribution in [0.2, 0.25) is 0 Å². The van der Waals surface area contributed by atoms with Gasteiger partial charge in [0.05, 0.1) is 5.41 Å². The first-order chi connectivity index (χ1) is 15.7. The summed E-state index contributed by atoms with van der Waals surface area (Å²) in [6, 6.07) is 10.4. The van der Waals surface area contributed by atoms with Gasteiger partial charge in [-0.2, -0.15) is 0 Å². The molecule has 0 spiro atoms. The van der Waals surface area contributed by atoms with Crippen LogP contribution in [0.25, 0.3) is 0 Å². The largest absolute Gasteiger partial charge is 0.457 e. The summed E-state index contributed by atoms with van der Waals surface area (Å²) in [4.78, 5) is 50.7. The van der Waals surface area contributed by atoms with Crippen molar-refractivity contribution in [2.45, 2.75) is 43.9 Å². The van der Waals surface area contributed by atoms with Crippen molar-refractivity contribution in [3.63, 3.8) is 0 Å². The predicted octanol–water partition coefficient (Wildman–Crippen LogP) is 1.93. The standard InChI is InChI=1S/C25H29N3O5/c1-27-20(26)19(21(30)28(2)23(27)32)18(29)13-33-22(31)25-11-15-8-16(12-25)10-24(9-15,14-25)17-6-4-3-5-7-17/h3-7,15-16H,8-14,26H2,1-2H3/t15-,16+,24?,25?. The molecule has 2 unspecified atom stereocenters. The SMILES string of the molecule is Cn1c(N)c(C(=O)COC(=O)C23C[C@H]4C[C@@H](C2)CC(c2ccccc2)(C4)C3)c(=O)n(C)c1=O. The highest BCUT2D eigenvalue weighted by Gasteiger charge is 2.61. The number of benzene rings is 1. The highest BCUT2D eigenvalue weighted by Crippen LogP contribution is 2.66. The van der Waals surface area contributed by atoms with E-state index in [1.54, 1.807) is 0 Å². The number of anilines is 1. The number of ether oxygens (including phenoxy) is 1. The van der Waals surface area contributed by atoms with E-state index in [0.717, 1.165) is 47.7 Å². The van der Waals surface area contributed by atoms with E-state index < -0.39 is 29.1 Å². The number of nitrogens with zero attached hydrogens (tertiary/aromatic N) is 2. The normalized spacial score (nSPS) is 29.8. The van der Waals surface area contributed by atoms with Gasteiger partial charge in [-0.3, -0.25) is 23.5 Å². The molecule has 4 fully saturated rings. The van der Waals surface area contributed by atoms with Gasteiger partial charge in [-0.25, -0.2) is 4.79 Å². The zero-order valence-corrected chi connectivity index (χ0v) is 19.0. The summed E-state index contributed by atoms with van der Waals surface area (Å²) in [5.74, 6) is -0.324. The van der Waals surface area contributed by atoms with E-state index in [1.807, 2.05) is 6.07 Å². The first-order valence-electron chi connectivity index (χ1n) is 11.5. The summed E-state index contributed by atoms with van der Waals surface area (Å²) in [6.45, 7) is -0.564. The van der Waals surface area contributed by atoms with E-state index in [4.69, 9.17) is 10.5 Å². The molecular weight excluding hydrogens is 422 g/mol. The molecule has 0 radical (unpaired) electrons. The fourth-order valence-electron chi connectivity index (χ4n) is 7.11. The van der Waals surface area contributed by atoms with E-state index in [9.17, 15) is 19.2 Å². The van der Waals surface area contributed by atoms with Crippen LogP contribution in [0.4, 0.5) is 5.82 Å². The molecule has 0 aliphatic heterocycles. The van der Waals surface area contributed by atoms with Crippen LogP contribution in [0.5, 0.6) is 0 Å². The fourth-order valence-corrected chi connectivity index (χ4v) is 7.11. The lowest BCUT2D eigenvalue weighted by Gasteiger charge is -2.61. The maximum Gasteiger partial charge on any atom is 0.332 e. The van der Waals surface area contributed by atoms with Crippen LogP contribution in [-0.2, 0) is 29.0 Å². The van der Waals surface area contributed by atoms with E-state index in [0.29, 0.717) is 11.8 Å². The molecule has 0 amide bonds. The van der Waals surface area contributed by atoms with Gasteiger partial charge >= 0.3 is 11.7 Å². The maximum absolute atomic E-state index is 13.4. The summed E-state index contributed by atoms with van der Waals surface area (Å²) in [6.07, 6.45) is 5.63. The van der Waals surface area contributed by atoms with Crippen LogP contribution >= 0.6 is 0 Å². The third kappa shape index (κ3) is 3.26. The topological polar surface area (TPSA) is 113 Å². The molecule has 4 aliphatic carbocycles. The second-order valence-corrected chi connectivity index (χ2v) is 10.4. The van der Waals surface area contributed by atoms with Gasteiger partial charge in [0.2, 0.25) is 5.78 Å². The Balaban J connectivity index is 1.39. The van der Waals surface area contributed by atoms with Gasteiger partial charge in [0.15, 0.2) is 6.61 Å². The number of Topliss-reactive ketones (excluding diaryl/α,β-unsaturated/α-hetero) is 1. The number of carbonyl (C=O) groups excluding carboxylic acids is 2. The molecule has 2 aromatic rings. The number of aromatic nitrogens is 2. The van der Waals surface area contributed by atoms with E-state index in [1.165, 1.54) is 19.7 Å². The van der Waals surface area contributed by atoms with Gasteiger partial charge in [0, 0.05) is 14.1 Å². The molecule has 4 bridgehead atoms. The molecule has 1 heterocycles. The molecule has 2 N–H and O–H groups in total. The Labute approximate surface area is 191 Å². The van der Waals surface area contributed by atoms with E-state index in [2.05, 4.69) is 24.3 Å². The Morgan fingerprint density at radius 2 is 1.67 bits per heavy atom. The Kier molecular flexibility index (Phi) is 4.88. The predicted molar refractivity (Wildman–Crippen MR) is 122 cm³/mol. The van der Waals surface area contributed by atoms with Gasteiger partial charge in [-0.1, -0.05) is 30.3 Å². The Hall–Kier alpha value is -3.16. The van der Waals surface area contributed by atoms with Crippen molar-refractivity contribution in [1.29, 1.82) is 0 Å². The molecule has 4 aliphatic rings. The Morgan fingerprint density at radius 1 is 1.03 bits per heavy atom. The minimum Gasteiger partial charge on any atom is -0.457 e. The summed E-state index contributed by atoms with van der Waals surface area (Å²) in [5, 5.41) is 0. The van der Waals surface area contributed by atoms with Gasteiger partial charge in [-0.05, 0) is 61.3 Å². The highest BCUT2D eigenvalue weighted by molar-refractivity contribution is 6.01. The summed E-state index contributed by atoms with van der Waals surface area (Å²) < 4.78 is 7.43. The lowest BCUT2D eigenvalue weighted by Crippen LogP contribution is -2.57. The molecule has 0 saturated heterocycles. The number of carbonyl (C=O) groups is 2. The van der Waals surface area contributed by atoms with Crippen molar-refractivity contribution in [3.05, 3.63) is 62.3 Å². The van der Waals surface area contributed by atoms with Crippen molar-refractivity contribution in [3.8, 4) is 0 Å². The van der Waals surface area contributed by atoms with Crippen molar-refractivity contribution in [1.82, 2.24) is 9.13 Å². The zero-order valence-electron chi connectivity index (χ0n) is 19.0. The first-order valence-corrected chi connectivity index (χ1v) is 11.5. The summed E-state index contributed by atoms with van der Waals surface area (Å²) in [5.41, 5.74) is 4.82. The monoisotopic (exact) mass is 451 g/mol. The third-order valence-electron chi connectivity index (χ3n) is 8.20. The molecule has 4 saturated carbocycles. The van der Waals surface area contributed by atoms with Crippen molar-refractivity contribution >= 4 is 17.6 Å². The second-order valence-electron chi connectivity index (χ2n) is 10.4. The van der Waals surface area contributed by atoms with Crippen LogP contribution in [0.15, 0.2) is 39.9 Å². The Bertz CT molecular complexity index is 1250. The molecule has 6 rings (SSSR count). The van der Waals surface area contributed by atoms with Crippen LogP contribution in [-0.4, -0.2) is 27.5 Å². The van der Waals surface area contributed by atoms with Crippen LogP contribution in [0, 0.1) is 17.3 Å². The molecular formula is C25H29N3O5. The van der Waals surface area contributed by atoms with Gasteiger partial charge in [0.1, 0.15) is 11.4 Å². The molecule has 174 valence electrons. The number of esters is 1. The lowest BCUT2D eigenvalue weighted by molar-refractivity contribution is -0.172. The first kappa shape index (κ1) is 21.7. The number of nitrogen functional groups attached to an aromatic ring is 1. The molecule has 33 heavy (non-hydrogen) atoms. The number of ketones is 1. The van der Waals surface area contributed by atoms with Crippen molar-refractivity contribution in [2.24, 2.45) is 31.3 Å². The minimum absolute atomic E-state index is 0.0214. The van der Waals surface area contributed by atoms with Crippen LogP contribution < -0.4 is 17.0 Å². The van der Waals surface area contributed by atoms with Crippen LogP contribution in [0.3, 0.4) is 0 Å². The smallest absolute Gasteiger partial charge is 0.332 e. The van der Waals surface area contributed by atoms with Gasteiger partial charge in [0.25, 0.3) is 5.56 Å². The maximum atomic E-state index is 13.4. The number of nitrogens with two attached hydrogens (primary N) is 1. The van der Waals surface area contributed by atoms with Crippen LogP contribution in [0.1, 0.15) is 54.4 Å². The highest BCUT2D eigenvalue weighted by atomic mass is 16.5. The summed E-state index contributed by atoms with van der Waals surface area (Å²) >= 11 is 0. The average Bonchev–Trinajstić information content (AvgIpc) is 2.80. The van der Waals surface area contributed by atoms with Crippen molar-refractivity contribution in [2.75, 3.05) is 12.3 Å². The van der Waals surface area contributed by atoms with E-state index in [-0.39, 0.29) is 22.8 Å². The quantitative estimate of drug-likeness (QED) is 0.549. The average molecular weight is 452 g/mol. The molecule has 4 atom stereocenters. The molecule has 8 heteroatoms. The third-order valence-corrected chi connectivity index (χ3v) is 8.20. The van der Waals surface area contributed by atoms with E-state index >= 15 is 0 Å².